The minimum atomic E-state index is -0.679. The standard InChI is InChI=1S/C18H32Br4O2/c1-2-3-7-10-14(19)16(21)13-17(22)15(20)11-8-5-4-6-9-12-18(23)24/h14-17H,2-13H2,1H3,(H,23,24)/t14-,15-,16+,17+/m0/s1. The molecule has 24 heavy (non-hydrogen) atoms. The Hall–Kier alpha value is 1.39. The molecule has 0 rings (SSSR count). The Morgan fingerprint density at radius 3 is 1.71 bits per heavy atom. The molecule has 0 aliphatic carbocycles. The van der Waals surface area contributed by atoms with E-state index in [1.54, 1.807) is 0 Å². The first-order chi connectivity index (χ1) is 11.4. The Bertz CT molecular complexity index is 315. The molecule has 0 aromatic rings. The fourth-order valence-corrected chi connectivity index (χ4v) is 5.52. The summed E-state index contributed by atoms with van der Waals surface area (Å²) in [7, 11) is 0. The van der Waals surface area contributed by atoms with Crippen molar-refractivity contribution < 1.29 is 9.90 Å². The van der Waals surface area contributed by atoms with Crippen LogP contribution in [0.4, 0.5) is 0 Å². The van der Waals surface area contributed by atoms with Crippen LogP contribution in [0.25, 0.3) is 0 Å². The lowest BCUT2D eigenvalue weighted by atomic mass is 10.0. The summed E-state index contributed by atoms with van der Waals surface area (Å²) in [5.41, 5.74) is 0. The Kier molecular flexibility index (Phi) is 17.5. The van der Waals surface area contributed by atoms with Crippen LogP contribution >= 0.6 is 63.7 Å². The van der Waals surface area contributed by atoms with Crippen molar-refractivity contribution in [1.82, 2.24) is 0 Å². The van der Waals surface area contributed by atoms with Crippen LogP contribution in [-0.2, 0) is 4.79 Å². The molecule has 0 aliphatic rings. The lowest BCUT2D eigenvalue weighted by Gasteiger charge is -2.23. The highest BCUT2D eigenvalue weighted by molar-refractivity contribution is 9.13. The van der Waals surface area contributed by atoms with E-state index in [1.807, 2.05) is 0 Å². The van der Waals surface area contributed by atoms with Crippen LogP contribution in [0, 0.1) is 0 Å². The van der Waals surface area contributed by atoms with Gasteiger partial charge in [0.1, 0.15) is 0 Å². The normalized spacial score (nSPS) is 16.5. The fourth-order valence-electron chi connectivity index (χ4n) is 2.61. The predicted molar refractivity (Wildman–Crippen MR) is 120 cm³/mol. The molecule has 144 valence electrons. The molecule has 0 fully saturated rings. The summed E-state index contributed by atoms with van der Waals surface area (Å²) in [6, 6.07) is 0. The van der Waals surface area contributed by atoms with Gasteiger partial charge in [0.15, 0.2) is 0 Å². The zero-order valence-electron chi connectivity index (χ0n) is 14.7. The van der Waals surface area contributed by atoms with Gasteiger partial charge in [0, 0.05) is 25.7 Å². The number of aliphatic carboxylic acids is 1. The Morgan fingerprint density at radius 1 is 0.750 bits per heavy atom. The second kappa shape index (κ2) is 16.6. The van der Waals surface area contributed by atoms with Gasteiger partial charge in [-0.25, -0.2) is 0 Å². The van der Waals surface area contributed by atoms with Gasteiger partial charge in [-0.2, -0.15) is 0 Å². The number of carboxylic acids is 1. The molecule has 0 aliphatic heterocycles. The largest absolute Gasteiger partial charge is 0.481 e. The molecule has 4 atom stereocenters. The maximum absolute atomic E-state index is 10.4. The third-order valence-corrected chi connectivity index (χ3v) is 9.82. The summed E-state index contributed by atoms with van der Waals surface area (Å²) in [4.78, 5) is 12.4. The van der Waals surface area contributed by atoms with E-state index in [4.69, 9.17) is 5.11 Å². The summed E-state index contributed by atoms with van der Waals surface area (Å²) in [5, 5.41) is 8.60. The molecule has 6 heteroatoms. The van der Waals surface area contributed by atoms with Gasteiger partial charge in [-0.15, -0.1) is 0 Å². The maximum Gasteiger partial charge on any atom is 0.303 e. The lowest BCUT2D eigenvalue weighted by Crippen LogP contribution is -2.23. The number of carboxylic acid groups (broad SMARTS) is 1. The first-order valence-corrected chi connectivity index (χ1v) is 12.8. The van der Waals surface area contributed by atoms with Gasteiger partial charge in [-0.3, -0.25) is 4.79 Å². The van der Waals surface area contributed by atoms with Crippen LogP contribution in [0.15, 0.2) is 0 Å². The minimum Gasteiger partial charge on any atom is -0.481 e. The van der Waals surface area contributed by atoms with Crippen LogP contribution in [0.5, 0.6) is 0 Å². The molecule has 0 radical (unpaired) electrons. The van der Waals surface area contributed by atoms with E-state index in [0.29, 0.717) is 25.7 Å². The van der Waals surface area contributed by atoms with Crippen LogP contribution in [0.3, 0.4) is 0 Å². The quantitative estimate of drug-likeness (QED) is 0.145. The van der Waals surface area contributed by atoms with Gasteiger partial charge in [-0.1, -0.05) is 116 Å². The average molecular weight is 600 g/mol. The Labute approximate surface area is 181 Å². The van der Waals surface area contributed by atoms with Crippen molar-refractivity contribution in [1.29, 1.82) is 0 Å². The van der Waals surface area contributed by atoms with Gasteiger partial charge in [-0.05, 0) is 25.7 Å². The van der Waals surface area contributed by atoms with Crippen LogP contribution < -0.4 is 0 Å². The summed E-state index contributed by atoms with van der Waals surface area (Å²) in [6.45, 7) is 2.24. The molecule has 0 aromatic carbocycles. The van der Waals surface area contributed by atoms with Crippen molar-refractivity contribution in [2.45, 2.75) is 103 Å². The highest BCUT2D eigenvalue weighted by Gasteiger charge is 2.23. The fraction of sp³-hybridized carbons (Fsp3) is 0.944. The first kappa shape index (κ1) is 25.4. The second-order valence-electron chi connectivity index (χ2n) is 6.50. The van der Waals surface area contributed by atoms with Crippen LogP contribution in [-0.4, -0.2) is 30.4 Å². The summed E-state index contributed by atoms with van der Waals surface area (Å²) < 4.78 is 0. The molecular weight excluding hydrogens is 568 g/mol. The van der Waals surface area contributed by atoms with E-state index in [0.717, 1.165) is 32.1 Å². The molecule has 2 nitrogen and oxygen atoms in total. The summed E-state index contributed by atoms with van der Waals surface area (Å²) in [6.07, 6.45) is 13.1. The van der Waals surface area contributed by atoms with E-state index in [-0.39, 0.29) is 0 Å². The van der Waals surface area contributed by atoms with Gasteiger partial charge in [0.25, 0.3) is 0 Å². The molecule has 0 bridgehead atoms. The van der Waals surface area contributed by atoms with Gasteiger partial charge >= 0.3 is 5.97 Å². The SMILES string of the molecule is CCCCC[C@H](Br)[C@H](Br)C[C@@H](Br)[C@@H](Br)CCCCCCCC(=O)O. The van der Waals surface area contributed by atoms with Crippen molar-refractivity contribution in [2.24, 2.45) is 0 Å². The van der Waals surface area contributed by atoms with Crippen molar-refractivity contribution in [2.75, 3.05) is 0 Å². The maximum atomic E-state index is 10.4. The third-order valence-electron chi connectivity index (χ3n) is 4.19. The van der Waals surface area contributed by atoms with E-state index >= 15 is 0 Å². The molecule has 0 spiro atoms. The van der Waals surface area contributed by atoms with Crippen molar-refractivity contribution in [3.8, 4) is 0 Å². The highest BCUT2D eigenvalue weighted by Crippen LogP contribution is 2.31. The van der Waals surface area contributed by atoms with Crippen molar-refractivity contribution in [3.05, 3.63) is 0 Å². The molecular formula is C18H32Br4O2. The summed E-state index contributed by atoms with van der Waals surface area (Å²) in [5.74, 6) is -0.679. The van der Waals surface area contributed by atoms with E-state index < -0.39 is 5.97 Å². The molecule has 0 aromatic heterocycles. The molecule has 0 heterocycles. The topological polar surface area (TPSA) is 37.3 Å². The van der Waals surface area contributed by atoms with E-state index in [1.165, 1.54) is 38.5 Å². The first-order valence-electron chi connectivity index (χ1n) is 9.16. The number of unbranched alkanes of at least 4 members (excludes halogenated alkanes) is 6. The molecule has 0 unspecified atom stereocenters. The van der Waals surface area contributed by atoms with Gasteiger partial charge in [0.05, 0.1) is 0 Å². The number of carbonyl (C=O) groups is 1. The number of alkyl halides is 4. The Balaban J connectivity index is 3.74. The lowest BCUT2D eigenvalue weighted by molar-refractivity contribution is -0.137. The van der Waals surface area contributed by atoms with Gasteiger partial charge < -0.3 is 5.11 Å². The second-order valence-corrected chi connectivity index (χ2v) is 11.2. The van der Waals surface area contributed by atoms with E-state index in [2.05, 4.69) is 70.6 Å². The average Bonchev–Trinajstić information content (AvgIpc) is 2.53. The van der Waals surface area contributed by atoms with Crippen molar-refractivity contribution in [3.63, 3.8) is 0 Å². The number of hydrogen-bond donors (Lipinski definition) is 1. The van der Waals surface area contributed by atoms with Gasteiger partial charge in [0.2, 0.25) is 0 Å². The highest BCUT2D eigenvalue weighted by atomic mass is 79.9. The van der Waals surface area contributed by atoms with Crippen LogP contribution in [0.1, 0.15) is 84.0 Å². The zero-order valence-corrected chi connectivity index (χ0v) is 21.0. The number of halogens is 4. The Morgan fingerprint density at radius 2 is 1.21 bits per heavy atom. The summed E-state index contributed by atoms with van der Waals surface area (Å²) >= 11 is 15.3. The van der Waals surface area contributed by atoms with E-state index in [9.17, 15) is 4.79 Å². The third kappa shape index (κ3) is 14.5. The monoisotopic (exact) mass is 596 g/mol. The number of hydrogen-bond acceptors (Lipinski definition) is 1. The van der Waals surface area contributed by atoms with Crippen molar-refractivity contribution >= 4 is 69.7 Å². The molecule has 0 amide bonds. The predicted octanol–water partition coefficient (Wildman–Crippen LogP) is 7.83. The molecule has 0 saturated heterocycles. The zero-order chi connectivity index (χ0) is 18.4. The molecule has 1 N–H and O–H groups in total. The minimum absolute atomic E-state index is 0.309. The smallest absolute Gasteiger partial charge is 0.303 e. The molecule has 0 saturated carbocycles. The van der Waals surface area contributed by atoms with Crippen LogP contribution in [0.2, 0.25) is 0 Å². The number of rotatable bonds is 16.